The van der Waals surface area contributed by atoms with Crippen molar-refractivity contribution in [3.8, 4) is 0 Å². The van der Waals surface area contributed by atoms with Crippen LogP contribution >= 0.6 is 11.3 Å². The number of thiazole rings is 1. The van der Waals surface area contributed by atoms with Crippen LogP contribution < -0.4 is 4.90 Å². The van der Waals surface area contributed by atoms with Gasteiger partial charge in [-0.05, 0) is 25.5 Å². The van der Waals surface area contributed by atoms with Gasteiger partial charge in [-0.15, -0.1) is 11.3 Å². The standard InChI is InChI=1S/C16H17N3OS/c1-10-11(2)21-16(18-10)19(3)15(20)8-12-9-17-14-7-5-4-6-13(12)14/h4-7,9,17H,8H2,1-3H3. The summed E-state index contributed by atoms with van der Waals surface area (Å²) in [6, 6.07) is 8.02. The van der Waals surface area contributed by atoms with Crippen LogP contribution in [0.5, 0.6) is 0 Å². The van der Waals surface area contributed by atoms with E-state index in [1.54, 1.807) is 23.3 Å². The molecule has 108 valence electrons. The molecular weight excluding hydrogens is 282 g/mol. The van der Waals surface area contributed by atoms with Gasteiger partial charge in [0.2, 0.25) is 5.91 Å². The molecule has 0 aliphatic rings. The van der Waals surface area contributed by atoms with E-state index in [4.69, 9.17) is 0 Å². The number of hydrogen-bond acceptors (Lipinski definition) is 3. The number of benzene rings is 1. The molecule has 5 heteroatoms. The topological polar surface area (TPSA) is 49.0 Å². The molecule has 1 N–H and O–H groups in total. The van der Waals surface area contributed by atoms with Gasteiger partial charge >= 0.3 is 0 Å². The maximum atomic E-state index is 12.5. The number of H-pyrrole nitrogens is 1. The minimum atomic E-state index is 0.0495. The fraction of sp³-hybridized carbons (Fsp3) is 0.250. The third-order valence-electron chi connectivity index (χ3n) is 3.69. The second-order valence-electron chi connectivity index (χ2n) is 5.13. The van der Waals surface area contributed by atoms with E-state index in [1.165, 1.54) is 0 Å². The molecule has 0 bridgehead atoms. The SMILES string of the molecule is Cc1nc(N(C)C(=O)Cc2c[nH]c3ccccc23)sc1C. The smallest absolute Gasteiger partial charge is 0.233 e. The van der Waals surface area contributed by atoms with Gasteiger partial charge in [-0.25, -0.2) is 4.98 Å². The third-order valence-corrected chi connectivity index (χ3v) is 4.84. The summed E-state index contributed by atoms with van der Waals surface area (Å²) < 4.78 is 0. The first kappa shape index (κ1) is 13.8. The summed E-state index contributed by atoms with van der Waals surface area (Å²) in [4.78, 5) is 22.9. The first-order valence-corrected chi connectivity index (χ1v) is 7.63. The number of aromatic nitrogens is 2. The molecule has 1 aromatic carbocycles. The lowest BCUT2D eigenvalue weighted by Gasteiger charge is -2.13. The van der Waals surface area contributed by atoms with Gasteiger partial charge in [-0.3, -0.25) is 9.69 Å². The number of amides is 1. The quantitative estimate of drug-likeness (QED) is 0.805. The maximum absolute atomic E-state index is 12.5. The van der Waals surface area contributed by atoms with E-state index in [0.717, 1.165) is 32.2 Å². The van der Waals surface area contributed by atoms with Crippen LogP contribution in [0.3, 0.4) is 0 Å². The molecule has 0 aliphatic carbocycles. The molecular formula is C16H17N3OS. The average Bonchev–Trinajstić information content (AvgIpc) is 3.03. The molecule has 0 aliphatic heterocycles. The Bertz CT molecular complexity index is 783. The summed E-state index contributed by atoms with van der Waals surface area (Å²) in [5.41, 5.74) is 3.07. The van der Waals surface area contributed by atoms with Crippen molar-refractivity contribution in [2.45, 2.75) is 20.3 Å². The molecule has 0 spiro atoms. The number of aryl methyl sites for hydroxylation is 2. The van der Waals surface area contributed by atoms with Crippen LogP contribution in [-0.4, -0.2) is 22.9 Å². The van der Waals surface area contributed by atoms with E-state index in [2.05, 4.69) is 9.97 Å². The zero-order chi connectivity index (χ0) is 15.0. The molecule has 0 fully saturated rings. The lowest BCUT2D eigenvalue weighted by Crippen LogP contribution is -2.27. The first-order chi connectivity index (χ1) is 10.1. The molecule has 2 aromatic heterocycles. The molecule has 21 heavy (non-hydrogen) atoms. The number of para-hydroxylation sites is 1. The molecule has 3 rings (SSSR count). The Hall–Kier alpha value is -2.14. The molecule has 0 saturated heterocycles. The fourth-order valence-electron chi connectivity index (χ4n) is 2.27. The van der Waals surface area contributed by atoms with Gasteiger partial charge < -0.3 is 4.98 Å². The van der Waals surface area contributed by atoms with E-state index >= 15 is 0 Å². The summed E-state index contributed by atoms with van der Waals surface area (Å²) in [7, 11) is 1.79. The number of carbonyl (C=O) groups is 1. The van der Waals surface area contributed by atoms with Gasteiger partial charge in [0.15, 0.2) is 5.13 Å². The van der Waals surface area contributed by atoms with Gasteiger partial charge in [0.25, 0.3) is 0 Å². The van der Waals surface area contributed by atoms with Crippen molar-refractivity contribution in [1.82, 2.24) is 9.97 Å². The number of likely N-dealkylation sites (N-methyl/N-ethyl adjacent to an activating group) is 1. The summed E-state index contributed by atoms with van der Waals surface area (Å²) in [5, 5.41) is 1.86. The van der Waals surface area contributed by atoms with Crippen molar-refractivity contribution in [1.29, 1.82) is 0 Å². The van der Waals surface area contributed by atoms with Crippen molar-refractivity contribution in [2.75, 3.05) is 11.9 Å². The van der Waals surface area contributed by atoms with E-state index in [1.807, 2.05) is 44.3 Å². The highest BCUT2D eigenvalue weighted by molar-refractivity contribution is 7.15. The van der Waals surface area contributed by atoms with Crippen LogP contribution in [0.1, 0.15) is 16.1 Å². The van der Waals surface area contributed by atoms with E-state index in [-0.39, 0.29) is 5.91 Å². The number of nitrogens with one attached hydrogen (secondary N) is 1. The molecule has 0 radical (unpaired) electrons. The van der Waals surface area contributed by atoms with E-state index in [0.29, 0.717) is 6.42 Å². The number of carbonyl (C=O) groups excluding carboxylic acids is 1. The first-order valence-electron chi connectivity index (χ1n) is 6.82. The summed E-state index contributed by atoms with van der Waals surface area (Å²) >= 11 is 1.55. The van der Waals surface area contributed by atoms with Crippen molar-refractivity contribution in [2.24, 2.45) is 0 Å². The Balaban J connectivity index is 1.82. The second kappa shape index (κ2) is 5.33. The number of hydrogen-bond donors (Lipinski definition) is 1. The van der Waals surface area contributed by atoms with Gasteiger partial charge in [0.1, 0.15) is 0 Å². The van der Waals surface area contributed by atoms with Crippen LogP contribution in [0.15, 0.2) is 30.5 Å². The lowest BCUT2D eigenvalue weighted by atomic mass is 10.1. The zero-order valence-corrected chi connectivity index (χ0v) is 13.1. The predicted octanol–water partition coefficient (Wildman–Crippen LogP) is 3.45. The number of rotatable bonds is 3. The van der Waals surface area contributed by atoms with Gasteiger partial charge in [0.05, 0.1) is 12.1 Å². The molecule has 0 saturated carbocycles. The highest BCUT2D eigenvalue weighted by Gasteiger charge is 2.17. The molecule has 1 amide bonds. The Morgan fingerprint density at radius 1 is 1.33 bits per heavy atom. The zero-order valence-electron chi connectivity index (χ0n) is 12.3. The average molecular weight is 299 g/mol. The fourth-order valence-corrected chi connectivity index (χ4v) is 3.15. The normalized spacial score (nSPS) is 11.0. The number of fused-ring (bicyclic) bond motifs is 1. The molecule has 2 heterocycles. The van der Waals surface area contributed by atoms with Crippen LogP contribution in [0.4, 0.5) is 5.13 Å². The lowest BCUT2D eigenvalue weighted by molar-refractivity contribution is -0.117. The van der Waals surface area contributed by atoms with Crippen molar-refractivity contribution < 1.29 is 4.79 Å². The summed E-state index contributed by atoms with van der Waals surface area (Å²) in [6.45, 7) is 3.99. The monoisotopic (exact) mass is 299 g/mol. The molecule has 3 aromatic rings. The predicted molar refractivity (Wildman–Crippen MR) is 87.0 cm³/mol. The van der Waals surface area contributed by atoms with E-state index in [9.17, 15) is 4.79 Å². The molecule has 4 nitrogen and oxygen atoms in total. The minimum absolute atomic E-state index is 0.0495. The highest BCUT2D eigenvalue weighted by Crippen LogP contribution is 2.25. The van der Waals surface area contributed by atoms with Gasteiger partial charge in [-0.2, -0.15) is 0 Å². The maximum Gasteiger partial charge on any atom is 0.233 e. The van der Waals surface area contributed by atoms with Crippen LogP contribution in [0.25, 0.3) is 10.9 Å². The van der Waals surface area contributed by atoms with E-state index < -0.39 is 0 Å². The minimum Gasteiger partial charge on any atom is -0.361 e. The Morgan fingerprint density at radius 2 is 2.10 bits per heavy atom. The van der Waals surface area contributed by atoms with Gasteiger partial charge in [-0.1, -0.05) is 18.2 Å². The third kappa shape index (κ3) is 2.56. The molecule has 0 atom stereocenters. The Kier molecular flexibility index (Phi) is 3.51. The molecule has 0 unspecified atom stereocenters. The second-order valence-corrected chi connectivity index (χ2v) is 6.31. The van der Waals surface area contributed by atoms with Crippen molar-refractivity contribution in [3.63, 3.8) is 0 Å². The Morgan fingerprint density at radius 3 is 2.81 bits per heavy atom. The highest BCUT2D eigenvalue weighted by atomic mass is 32.1. The van der Waals surface area contributed by atoms with Crippen LogP contribution in [-0.2, 0) is 11.2 Å². The number of nitrogens with zero attached hydrogens (tertiary/aromatic N) is 2. The number of anilines is 1. The largest absolute Gasteiger partial charge is 0.361 e. The summed E-state index contributed by atoms with van der Waals surface area (Å²) in [6.07, 6.45) is 2.28. The van der Waals surface area contributed by atoms with Crippen LogP contribution in [0, 0.1) is 13.8 Å². The summed E-state index contributed by atoms with van der Waals surface area (Å²) in [5.74, 6) is 0.0495. The number of aromatic amines is 1. The van der Waals surface area contributed by atoms with Gasteiger partial charge in [0, 0.05) is 29.0 Å². The van der Waals surface area contributed by atoms with Crippen LogP contribution in [0.2, 0.25) is 0 Å². The van der Waals surface area contributed by atoms with Crippen molar-refractivity contribution >= 4 is 33.3 Å². The van der Waals surface area contributed by atoms with Crippen molar-refractivity contribution in [3.05, 3.63) is 46.6 Å². The Labute approximate surface area is 127 Å².